The first-order valence-electron chi connectivity index (χ1n) is 3.90. The summed E-state index contributed by atoms with van der Waals surface area (Å²) < 4.78 is 26.6. The van der Waals surface area contributed by atoms with Crippen molar-refractivity contribution in [2.24, 2.45) is 0 Å². The van der Waals surface area contributed by atoms with E-state index in [1.165, 1.54) is 24.0 Å². The quantitative estimate of drug-likeness (QED) is 0.740. The second kappa shape index (κ2) is 2.99. The van der Waals surface area contributed by atoms with E-state index in [1.54, 1.807) is 6.07 Å². The van der Waals surface area contributed by atoms with Gasteiger partial charge in [0.1, 0.15) is 4.83 Å². The largest absolute Gasteiger partial charge is 0.242 e. The molecule has 2 aromatic heterocycles. The fourth-order valence-corrected chi connectivity index (χ4v) is 2.43. The zero-order valence-electron chi connectivity index (χ0n) is 7.68. The number of sulfone groups is 1. The molecule has 2 aromatic rings. The van der Waals surface area contributed by atoms with Crippen molar-refractivity contribution in [2.75, 3.05) is 6.26 Å². The van der Waals surface area contributed by atoms with Crippen molar-refractivity contribution < 1.29 is 8.42 Å². The summed E-state index contributed by atoms with van der Waals surface area (Å²) in [5.41, 5.74) is 0.822. The number of nitrogens with zero attached hydrogens (tertiary/aromatic N) is 2. The predicted octanol–water partition coefficient (Wildman–Crippen LogP) is 1.40. The van der Waals surface area contributed by atoms with Gasteiger partial charge in [-0.05, 0) is 24.5 Å². The Balaban J connectivity index is 2.79. The van der Waals surface area contributed by atoms with E-state index in [9.17, 15) is 8.42 Å². The Kier molecular flexibility index (Phi) is 2.04. The molecule has 0 spiro atoms. The summed E-state index contributed by atoms with van der Waals surface area (Å²) in [6, 6.07) is 1.62. The smallest absolute Gasteiger partial charge is 0.177 e. The van der Waals surface area contributed by atoms with Gasteiger partial charge in [-0.15, -0.1) is 0 Å². The molecule has 14 heavy (non-hydrogen) atoms. The molecule has 0 saturated heterocycles. The van der Waals surface area contributed by atoms with Crippen LogP contribution in [-0.2, 0) is 9.84 Å². The van der Waals surface area contributed by atoms with Crippen molar-refractivity contribution in [1.29, 1.82) is 0 Å². The van der Waals surface area contributed by atoms with Gasteiger partial charge in [-0.2, -0.15) is 4.37 Å². The molecule has 0 bridgehead atoms. The molecule has 0 aliphatic carbocycles. The average molecular weight is 228 g/mol. The fraction of sp³-hybridized carbons (Fsp3) is 0.250. The lowest BCUT2D eigenvalue weighted by Crippen LogP contribution is -1.97. The van der Waals surface area contributed by atoms with Crippen molar-refractivity contribution in [3.8, 4) is 0 Å². The molecule has 0 amide bonds. The van der Waals surface area contributed by atoms with Crippen molar-refractivity contribution >= 4 is 31.6 Å². The Morgan fingerprint density at radius 1 is 1.43 bits per heavy atom. The summed E-state index contributed by atoms with van der Waals surface area (Å²) in [7, 11) is -3.17. The average Bonchev–Trinajstić information content (AvgIpc) is 2.46. The highest BCUT2D eigenvalue weighted by atomic mass is 32.2. The van der Waals surface area contributed by atoms with E-state index in [-0.39, 0.29) is 4.90 Å². The van der Waals surface area contributed by atoms with Crippen LogP contribution in [0.5, 0.6) is 0 Å². The molecule has 0 saturated carbocycles. The third-order valence-electron chi connectivity index (χ3n) is 1.91. The Labute approximate surface area is 85.7 Å². The summed E-state index contributed by atoms with van der Waals surface area (Å²) in [5.74, 6) is 0. The van der Waals surface area contributed by atoms with Gasteiger partial charge in [-0.25, -0.2) is 13.4 Å². The summed E-state index contributed by atoms with van der Waals surface area (Å²) in [6.45, 7) is 1.84. The molecule has 0 radical (unpaired) electrons. The van der Waals surface area contributed by atoms with Crippen LogP contribution in [0.4, 0.5) is 0 Å². The van der Waals surface area contributed by atoms with E-state index in [0.717, 1.165) is 15.9 Å². The van der Waals surface area contributed by atoms with E-state index in [2.05, 4.69) is 9.36 Å². The maximum absolute atomic E-state index is 11.3. The van der Waals surface area contributed by atoms with Gasteiger partial charge >= 0.3 is 0 Å². The van der Waals surface area contributed by atoms with Crippen LogP contribution in [0.15, 0.2) is 17.2 Å². The van der Waals surface area contributed by atoms with Gasteiger partial charge in [-0.1, -0.05) is 0 Å². The van der Waals surface area contributed by atoms with Crippen LogP contribution < -0.4 is 0 Å². The molecular weight excluding hydrogens is 220 g/mol. The second-order valence-electron chi connectivity index (χ2n) is 3.06. The fourth-order valence-electron chi connectivity index (χ4n) is 1.13. The van der Waals surface area contributed by atoms with Crippen LogP contribution in [-0.4, -0.2) is 24.0 Å². The van der Waals surface area contributed by atoms with E-state index in [0.29, 0.717) is 0 Å². The maximum Gasteiger partial charge on any atom is 0.177 e. The number of pyridine rings is 1. The van der Waals surface area contributed by atoms with Crippen molar-refractivity contribution in [2.45, 2.75) is 11.8 Å². The van der Waals surface area contributed by atoms with Gasteiger partial charge in [0.2, 0.25) is 0 Å². The highest BCUT2D eigenvalue weighted by molar-refractivity contribution is 7.90. The number of fused-ring (bicyclic) bond motifs is 1. The van der Waals surface area contributed by atoms with Crippen LogP contribution in [0.2, 0.25) is 0 Å². The third-order valence-corrected chi connectivity index (χ3v) is 3.86. The van der Waals surface area contributed by atoms with Crippen LogP contribution >= 0.6 is 11.5 Å². The lowest BCUT2D eigenvalue weighted by atomic mass is 10.3. The minimum absolute atomic E-state index is 0.244. The minimum Gasteiger partial charge on any atom is -0.242 e. The monoisotopic (exact) mass is 228 g/mol. The summed E-state index contributed by atoms with van der Waals surface area (Å²) in [5, 5.41) is 0.818. The maximum atomic E-state index is 11.3. The van der Waals surface area contributed by atoms with Crippen molar-refractivity contribution in [1.82, 2.24) is 9.36 Å². The standard InChI is InChI=1S/C8H8N2O2S2/c1-5-7-3-6(14(2,11)12)4-9-8(7)13-10-5/h3-4H,1-2H3. The zero-order valence-corrected chi connectivity index (χ0v) is 9.32. The molecule has 6 heteroatoms. The topological polar surface area (TPSA) is 59.9 Å². The van der Waals surface area contributed by atoms with Gasteiger partial charge in [0.25, 0.3) is 0 Å². The van der Waals surface area contributed by atoms with E-state index in [4.69, 9.17) is 0 Å². The first-order valence-corrected chi connectivity index (χ1v) is 6.57. The van der Waals surface area contributed by atoms with Crippen molar-refractivity contribution in [3.05, 3.63) is 18.0 Å². The van der Waals surface area contributed by atoms with E-state index < -0.39 is 9.84 Å². The molecular formula is C8H8N2O2S2. The van der Waals surface area contributed by atoms with E-state index in [1.807, 2.05) is 6.92 Å². The number of hydrogen-bond acceptors (Lipinski definition) is 5. The normalized spacial score (nSPS) is 12.1. The van der Waals surface area contributed by atoms with Gasteiger partial charge in [-0.3, -0.25) is 0 Å². The van der Waals surface area contributed by atoms with Crippen LogP contribution in [0, 0.1) is 6.92 Å². The summed E-state index contributed by atoms with van der Waals surface area (Å²) >= 11 is 1.28. The van der Waals surface area contributed by atoms with Gasteiger partial charge in [0.15, 0.2) is 9.84 Å². The molecule has 0 aromatic carbocycles. The Bertz CT molecular complexity index is 586. The Morgan fingerprint density at radius 3 is 2.79 bits per heavy atom. The Morgan fingerprint density at radius 2 is 2.14 bits per heavy atom. The lowest BCUT2D eigenvalue weighted by Gasteiger charge is -1.96. The zero-order chi connectivity index (χ0) is 10.3. The second-order valence-corrected chi connectivity index (χ2v) is 5.83. The van der Waals surface area contributed by atoms with Crippen LogP contribution in [0.1, 0.15) is 5.69 Å². The van der Waals surface area contributed by atoms with E-state index >= 15 is 0 Å². The molecule has 0 fully saturated rings. The van der Waals surface area contributed by atoms with Crippen LogP contribution in [0.3, 0.4) is 0 Å². The highest BCUT2D eigenvalue weighted by Crippen LogP contribution is 2.22. The molecule has 0 aliphatic heterocycles. The Hall–Kier alpha value is -1.01. The molecule has 2 heterocycles. The van der Waals surface area contributed by atoms with Crippen LogP contribution in [0.25, 0.3) is 10.2 Å². The van der Waals surface area contributed by atoms with Gasteiger partial charge < -0.3 is 0 Å². The molecule has 74 valence electrons. The predicted molar refractivity (Wildman–Crippen MR) is 55.3 cm³/mol. The molecule has 0 aliphatic rings. The number of hydrogen-bond donors (Lipinski definition) is 0. The summed E-state index contributed by atoms with van der Waals surface area (Å²) in [6.07, 6.45) is 2.54. The first kappa shape index (κ1) is 9.54. The first-order chi connectivity index (χ1) is 6.48. The molecule has 4 nitrogen and oxygen atoms in total. The molecule has 2 rings (SSSR count). The number of rotatable bonds is 1. The molecule has 0 N–H and O–H groups in total. The number of aryl methyl sites for hydroxylation is 1. The minimum atomic E-state index is -3.17. The summed E-state index contributed by atoms with van der Waals surface area (Å²) in [4.78, 5) is 5.06. The van der Waals surface area contributed by atoms with Gasteiger partial charge in [0.05, 0.1) is 10.6 Å². The third kappa shape index (κ3) is 1.51. The highest BCUT2D eigenvalue weighted by Gasteiger charge is 2.10. The number of aromatic nitrogens is 2. The lowest BCUT2D eigenvalue weighted by molar-refractivity contribution is 0.601. The van der Waals surface area contributed by atoms with Gasteiger partial charge in [0, 0.05) is 17.8 Å². The molecule has 0 unspecified atom stereocenters. The van der Waals surface area contributed by atoms with Crippen molar-refractivity contribution in [3.63, 3.8) is 0 Å². The SMILES string of the molecule is Cc1nsc2ncc(S(C)(=O)=O)cc12. The molecule has 0 atom stereocenters.